The molecular weight excluding hydrogens is 411 g/mol. The van der Waals surface area contributed by atoms with E-state index in [9.17, 15) is 32.7 Å². The molecular formula is C19H12F3NO5S. The lowest BCUT2D eigenvalue weighted by Crippen LogP contribution is -2.32. The van der Waals surface area contributed by atoms with Gasteiger partial charge in [0.1, 0.15) is 17.9 Å². The summed E-state index contributed by atoms with van der Waals surface area (Å²) >= 11 is 0.658. The van der Waals surface area contributed by atoms with E-state index in [0.29, 0.717) is 27.2 Å². The molecule has 0 aliphatic carbocycles. The second-order valence-electron chi connectivity index (χ2n) is 5.98. The fraction of sp³-hybridized carbons (Fsp3) is 0.105. The zero-order valence-corrected chi connectivity index (χ0v) is 15.2. The van der Waals surface area contributed by atoms with Gasteiger partial charge in [-0.15, -0.1) is 0 Å². The lowest BCUT2D eigenvalue weighted by atomic mass is 10.0. The summed E-state index contributed by atoms with van der Waals surface area (Å²) < 4.78 is 37.6. The summed E-state index contributed by atoms with van der Waals surface area (Å²) in [6.45, 7) is -0.715. The van der Waals surface area contributed by atoms with Gasteiger partial charge in [-0.05, 0) is 35.4 Å². The number of carboxylic acids is 1. The van der Waals surface area contributed by atoms with E-state index in [2.05, 4.69) is 0 Å². The number of benzene rings is 2. The number of hydrogen-bond donors (Lipinski definition) is 3. The molecule has 3 N–H and O–H groups in total. The molecule has 2 aromatic carbocycles. The molecule has 0 bridgehead atoms. The highest BCUT2D eigenvalue weighted by atomic mass is 32.1. The molecule has 3 aromatic rings. The van der Waals surface area contributed by atoms with Crippen molar-refractivity contribution in [3.05, 3.63) is 63.1 Å². The SMILES string of the molecule is O=C(O)CNC(=O)c1c(O)c2ccc(-c3ccc(C(F)(F)F)cc3)cc2sc1=O. The predicted molar refractivity (Wildman–Crippen MR) is 100 cm³/mol. The molecule has 1 heterocycles. The van der Waals surface area contributed by atoms with Gasteiger partial charge in [-0.1, -0.05) is 29.5 Å². The number of hydrogen-bond acceptors (Lipinski definition) is 5. The van der Waals surface area contributed by atoms with Crippen molar-refractivity contribution in [2.45, 2.75) is 6.18 Å². The van der Waals surface area contributed by atoms with Gasteiger partial charge in [-0.3, -0.25) is 14.4 Å². The Morgan fingerprint density at radius 1 is 1.03 bits per heavy atom. The maximum atomic E-state index is 12.7. The van der Waals surface area contributed by atoms with Crippen molar-refractivity contribution in [2.75, 3.05) is 6.54 Å². The second-order valence-corrected chi connectivity index (χ2v) is 6.99. The van der Waals surface area contributed by atoms with Gasteiger partial charge in [0.2, 0.25) is 4.74 Å². The van der Waals surface area contributed by atoms with Crippen molar-refractivity contribution in [1.29, 1.82) is 0 Å². The number of carbonyl (C=O) groups excluding carboxylic acids is 1. The molecule has 150 valence electrons. The largest absolute Gasteiger partial charge is 0.506 e. The fourth-order valence-corrected chi connectivity index (χ4v) is 3.61. The third-order valence-corrected chi connectivity index (χ3v) is 5.00. The summed E-state index contributed by atoms with van der Waals surface area (Å²) in [6, 6.07) is 8.94. The van der Waals surface area contributed by atoms with E-state index in [0.717, 1.165) is 12.1 Å². The van der Waals surface area contributed by atoms with E-state index >= 15 is 0 Å². The Morgan fingerprint density at radius 2 is 1.66 bits per heavy atom. The minimum atomic E-state index is -4.45. The molecule has 0 aliphatic heterocycles. The summed E-state index contributed by atoms with van der Waals surface area (Å²) in [5.74, 6) is -2.92. The molecule has 0 atom stereocenters. The van der Waals surface area contributed by atoms with E-state index in [1.807, 2.05) is 5.32 Å². The van der Waals surface area contributed by atoms with Crippen molar-refractivity contribution in [3.8, 4) is 16.9 Å². The van der Waals surface area contributed by atoms with E-state index in [4.69, 9.17) is 5.11 Å². The topological polar surface area (TPSA) is 104 Å². The Balaban J connectivity index is 2.01. The van der Waals surface area contributed by atoms with Gasteiger partial charge < -0.3 is 15.5 Å². The van der Waals surface area contributed by atoms with Crippen molar-refractivity contribution in [1.82, 2.24) is 5.32 Å². The quantitative estimate of drug-likeness (QED) is 0.596. The van der Waals surface area contributed by atoms with Gasteiger partial charge in [0, 0.05) is 10.1 Å². The molecule has 10 heteroatoms. The van der Waals surface area contributed by atoms with Crippen LogP contribution in [0.1, 0.15) is 15.9 Å². The first-order valence-corrected chi connectivity index (χ1v) is 8.87. The van der Waals surface area contributed by atoms with Gasteiger partial charge in [0.05, 0.1) is 5.56 Å². The fourth-order valence-electron chi connectivity index (χ4n) is 2.66. The molecule has 3 rings (SSSR count). The average molecular weight is 423 g/mol. The van der Waals surface area contributed by atoms with Crippen LogP contribution in [0.2, 0.25) is 0 Å². The number of halogens is 3. The second kappa shape index (κ2) is 7.55. The van der Waals surface area contributed by atoms with Crippen molar-refractivity contribution in [2.24, 2.45) is 0 Å². The highest BCUT2D eigenvalue weighted by molar-refractivity contribution is 7.16. The molecule has 0 fully saturated rings. The smallest absolute Gasteiger partial charge is 0.416 e. The first kappa shape index (κ1) is 20.3. The van der Waals surface area contributed by atoms with Crippen LogP contribution < -0.4 is 10.1 Å². The Hall–Kier alpha value is -3.40. The molecule has 0 saturated carbocycles. The minimum Gasteiger partial charge on any atom is -0.506 e. The summed E-state index contributed by atoms with van der Waals surface area (Å²) in [6.07, 6.45) is -4.45. The van der Waals surface area contributed by atoms with Crippen LogP contribution in [0.4, 0.5) is 13.2 Å². The summed E-state index contributed by atoms with van der Waals surface area (Å²) in [5.41, 5.74) is -0.362. The molecule has 0 aliphatic rings. The summed E-state index contributed by atoms with van der Waals surface area (Å²) in [5, 5.41) is 21.1. The maximum Gasteiger partial charge on any atom is 0.416 e. The number of carbonyl (C=O) groups is 2. The Labute approximate surface area is 164 Å². The number of aromatic hydroxyl groups is 1. The number of aliphatic carboxylic acids is 1. The lowest BCUT2D eigenvalue weighted by molar-refractivity contribution is -0.137. The Morgan fingerprint density at radius 3 is 2.24 bits per heavy atom. The van der Waals surface area contributed by atoms with Crippen LogP contribution in [0.5, 0.6) is 5.75 Å². The van der Waals surface area contributed by atoms with Crippen LogP contribution in [-0.4, -0.2) is 28.6 Å². The molecule has 0 radical (unpaired) electrons. The van der Waals surface area contributed by atoms with Crippen LogP contribution in [0, 0.1) is 0 Å². The molecule has 6 nitrogen and oxygen atoms in total. The zero-order valence-electron chi connectivity index (χ0n) is 14.4. The molecule has 29 heavy (non-hydrogen) atoms. The number of alkyl halides is 3. The molecule has 1 amide bonds. The number of nitrogens with one attached hydrogen (secondary N) is 1. The van der Waals surface area contributed by atoms with E-state index in [1.165, 1.54) is 30.3 Å². The highest BCUT2D eigenvalue weighted by Gasteiger charge is 2.30. The van der Waals surface area contributed by atoms with E-state index in [1.54, 1.807) is 0 Å². The normalized spacial score (nSPS) is 11.4. The number of carboxylic acid groups (broad SMARTS) is 1. The molecule has 0 unspecified atom stereocenters. The lowest BCUT2D eigenvalue weighted by Gasteiger charge is -2.10. The van der Waals surface area contributed by atoms with Gasteiger partial charge in [-0.25, -0.2) is 0 Å². The Kier molecular flexibility index (Phi) is 5.29. The molecule has 0 saturated heterocycles. The summed E-state index contributed by atoms with van der Waals surface area (Å²) in [7, 11) is 0. The van der Waals surface area contributed by atoms with Crippen molar-refractivity contribution in [3.63, 3.8) is 0 Å². The van der Waals surface area contributed by atoms with Crippen molar-refractivity contribution < 1.29 is 33.0 Å². The van der Waals surface area contributed by atoms with Gasteiger partial charge in [0.15, 0.2) is 0 Å². The number of fused-ring (bicyclic) bond motifs is 1. The van der Waals surface area contributed by atoms with Gasteiger partial charge >= 0.3 is 12.1 Å². The first-order valence-electron chi connectivity index (χ1n) is 8.05. The summed E-state index contributed by atoms with van der Waals surface area (Å²) in [4.78, 5) is 34.8. The van der Waals surface area contributed by atoms with Crippen LogP contribution in [0.15, 0.2) is 47.3 Å². The zero-order chi connectivity index (χ0) is 21.3. The van der Waals surface area contributed by atoms with Crippen LogP contribution in [0.3, 0.4) is 0 Å². The van der Waals surface area contributed by atoms with Crippen molar-refractivity contribution >= 4 is 33.3 Å². The predicted octanol–water partition coefficient (Wildman–Crippen LogP) is 3.47. The van der Waals surface area contributed by atoms with Crippen LogP contribution >= 0.6 is 11.3 Å². The first-order chi connectivity index (χ1) is 13.6. The Bertz CT molecular complexity index is 1170. The van der Waals surface area contributed by atoms with Gasteiger partial charge in [-0.2, -0.15) is 13.2 Å². The monoisotopic (exact) mass is 423 g/mol. The maximum absolute atomic E-state index is 12.7. The highest BCUT2D eigenvalue weighted by Crippen LogP contribution is 2.34. The van der Waals surface area contributed by atoms with E-state index < -0.39 is 46.2 Å². The third-order valence-electron chi connectivity index (χ3n) is 4.05. The van der Waals surface area contributed by atoms with E-state index in [-0.39, 0.29) is 5.39 Å². The van der Waals surface area contributed by atoms with Crippen LogP contribution in [0.25, 0.3) is 21.2 Å². The molecule has 0 spiro atoms. The standard InChI is InChI=1S/C19H12F3NO5S/c20-19(21,22)11-4-1-9(2-5-11)10-3-6-12-13(7-10)29-18(28)15(16(12)26)17(27)23-8-14(24)25/h1-7,26H,8H2,(H,23,27)(H,24,25). The van der Waals surface area contributed by atoms with Crippen LogP contribution in [-0.2, 0) is 11.0 Å². The number of rotatable bonds is 4. The number of amides is 1. The third kappa shape index (κ3) is 4.21. The molecule has 1 aromatic heterocycles. The van der Waals surface area contributed by atoms with Gasteiger partial charge in [0.25, 0.3) is 5.91 Å². The average Bonchev–Trinajstić information content (AvgIpc) is 2.65. The minimum absolute atomic E-state index is 0.186.